The van der Waals surface area contributed by atoms with Crippen LogP contribution in [0.3, 0.4) is 0 Å². The highest BCUT2D eigenvalue weighted by atomic mass is 15.1. The number of benzene rings is 2. The van der Waals surface area contributed by atoms with Gasteiger partial charge in [0.15, 0.2) is 0 Å². The Kier molecular flexibility index (Phi) is 5.48. The van der Waals surface area contributed by atoms with E-state index >= 15 is 0 Å². The van der Waals surface area contributed by atoms with Crippen molar-refractivity contribution in [3.63, 3.8) is 0 Å². The monoisotopic (exact) mass is 364 g/mol. The van der Waals surface area contributed by atoms with Gasteiger partial charge in [0.1, 0.15) is 0 Å². The fraction of sp³-hybridized carbons (Fsp3) is 0.478. The van der Waals surface area contributed by atoms with E-state index in [1.807, 2.05) is 0 Å². The lowest BCUT2D eigenvalue weighted by atomic mass is 10.0. The van der Waals surface area contributed by atoms with Gasteiger partial charge in [0.2, 0.25) is 0 Å². The summed E-state index contributed by atoms with van der Waals surface area (Å²) in [6.45, 7) is 5.36. The van der Waals surface area contributed by atoms with Crippen LogP contribution in [0.4, 0.5) is 0 Å². The number of piperidine rings is 1. The summed E-state index contributed by atoms with van der Waals surface area (Å²) in [6, 6.07) is 16.2. The van der Waals surface area contributed by atoms with Crippen LogP contribution < -0.4 is 5.73 Å². The van der Waals surface area contributed by atoms with Crippen LogP contribution in [0.2, 0.25) is 0 Å². The third-order valence-corrected chi connectivity index (χ3v) is 5.77. The third kappa shape index (κ3) is 4.03. The Morgan fingerprint density at radius 1 is 1.07 bits per heavy atom. The number of aromatic nitrogens is 1. The van der Waals surface area contributed by atoms with Crippen molar-refractivity contribution >= 4 is 21.8 Å². The molecule has 1 aromatic heterocycles. The van der Waals surface area contributed by atoms with Crippen LogP contribution in [-0.4, -0.2) is 54.1 Å². The average Bonchev–Trinajstić information content (AvgIpc) is 2.95. The molecule has 3 aromatic rings. The lowest BCUT2D eigenvalue weighted by Gasteiger charge is -2.30. The summed E-state index contributed by atoms with van der Waals surface area (Å²) in [6.07, 6.45) is 3.54. The molecular weight excluding hydrogens is 332 g/mol. The number of rotatable bonds is 6. The second kappa shape index (κ2) is 8.01. The van der Waals surface area contributed by atoms with Crippen molar-refractivity contribution in [1.82, 2.24) is 14.4 Å². The first kappa shape index (κ1) is 18.5. The van der Waals surface area contributed by atoms with Crippen molar-refractivity contribution in [3.05, 3.63) is 48.0 Å². The van der Waals surface area contributed by atoms with Crippen LogP contribution in [-0.2, 0) is 13.1 Å². The highest BCUT2D eigenvalue weighted by Crippen LogP contribution is 2.30. The summed E-state index contributed by atoms with van der Waals surface area (Å²) in [7, 11) is 4.29. The normalized spacial score (nSPS) is 18.7. The Morgan fingerprint density at radius 2 is 1.89 bits per heavy atom. The van der Waals surface area contributed by atoms with Gasteiger partial charge in [-0.3, -0.25) is 4.90 Å². The highest BCUT2D eigenvalue weighted by molar-refractivity contribution is 6.08. The molecule has 4 nitrogen and oxygen atoms in total. The zero-order valence-corrected chi connectivity index (χ0v) is 16.7. The first-order chi connectivity index (χ1) is 13.1. The highest BCUT2D eigenvalue weighted by Gasteiger charge is 2.17. The lowest BCUT2D eigenvalue weighted by molar-refractivity contribution is 0.201. The third-order valence-electron chi connectivity index (χ3n) is 5.77. The van der Waals surface area contributed by atoms with Crippen LogP contribution in [0.15, 0.2) is 42.5 Å². The van der Waals surface area contributed by atoms with E-state index in [4.69, 9.17) is 5.73 Å². The van der Waals surface area contributed by atoms with Crippen molar-refractivity contribution in [2.45, 2.75) is 38.4 Å². The number of hydrogen-bond acceptors (Lipinski definition) is 3. The molecule has 0 bridgehead atoms. The summed E-state index contributed by atoms with van der Waals surface area (Å²) < 4.78 is 2.49. The predicted octanol–water partition coefficient (Wildman–Crippen LogP) is 3.67. The maximum Gasteiger partial charge on any atom is 0.0491 e. The number of hydrogen-bond donors (Lipinski definition) is 1. The van der Waals surface area contributed by atoms with Crippen molar-refractivity contribution in [2.75, 3.05) is 33.7 Å². The molecule has 1 saturated heterocycles. The maximum absolute atomic E-state index is 6.17. The van der Waals surface area contributed by atoms with E-state index in [1.54, 1.807) is 0 Å². The Hall–Kier alpha value is -1.88. The van der Waals surface area contributed by atoms with E-state index in [1.165, 1.54) is 33.8 Å². The molecule has 0 saturated carbocycles. The molecule has 0 aliphatic carbocycles. The first-order valence-corrected chi connectivity index (χ1v) is 10.2. The van der Waals surface area contributed by atoms with Gasteiger partial charge in [-0.25, -0.2) is 0 Å². The smallest absolute Gasteiger partial charge is 0.0491 e. The minimum atomic E-state index is 0.334. The van der Waals surface area contributed by atoms with Gasteiger partial charge in [-0.2, -0.15) is 0 Å². The van der Waals surface area contributed by atoms with E-state index in [-0.39, 0.29) is 0 Å². The predicted molar refractivity (Wildman–Crippen MR) is 115 cm³/mol. The van der Waals surface area contributed by atoms with Gasteiger partial charge in [0.25, 0.3) is 0 Å². The van der Waals surface area contributed by atoms with Crippen molar-refractivity contribution in [3.8, 4) is 0 Å². The molecule has 2 aromatic carbocycles. The van der Waals surface area contributed by atoms with Gasteiger partial charge in [-0.05, 0) is 70.2 Å². The SMILES string of the molecule is CN(C)CCCn1c2ccccc2c2cc(CN3CCCC(N)C3)ccc21. The minimum Gasteiger partial charge on any atom is -0.340 e. The summed E-state index contributed by atoms with van der Waals surface area (Å²) >= 11 is 0. The lowest BCUT2D eigenvalue weighted by Crippen LogP contribution is -2.42. The zero-order valence-electron chi connectivity index (χ0n) is 16.7. The molecule has 1 atom stereocenters. The number of para-hydroxylation sites is 1. The van der Waals surface area contributed by atoms with E-state index in [0.29, 0.717) is 6.04 Å². The van der Waals surface area contributed by atoms with Crippen LogP contribution >= 0.6 is 0 Å². The zero-order chi connectivity index (χ0) is 18.8. The molecule has 4 rings (SSSR count). The molecule has 1 unspecified atom stereocenters. The minimum absolute atomic E-state index is 0.334. The molecule has 144 valence electrons. The maximum atomic E-state index is 6.17. The molecule has 1 aliphatic rings. The van der Waals surface area contributed by atoms with Crippen molar-refractivity contribution in [1.29, 1.82) is 0 Å². The molecule has 1 aliphatic heterocycles. The number of aryl methyl sites for hydroxylation is 1. The quantitative estimate of drug-likeness (QED) is 0.725. The van der Waals surface area contributed by atoms with Crippen LogP contribution in [0, 0.1) is 0 Å². The Bertz CT molecular complexity index is 911. The van der Waals surface area contributed by atoms with E-state index in [0.717, 1.165) is 45.6 Å². The van der Waals surface area contributed by atoms with E-state index in [2.05, 4.69) is 70.9 Å². The molecule has 0 spiro atoms. The Morgan fingerprint density at radius 3 is 2.70 bits per heavy atom. The van der Waals surface area contributed by atoms with E-state index in [9.17, 15) is 0 Å². The summed E-state index contributed by atoms with van der Waals surface area (Å²) in [5.41, 5.74) is 10.3. The molecule has 2 N–H and O–H groups in total. The first-order valence-electron chi connectivity index (χ1n) is 10.2. The average molecular weight is 365 g/mol. The Balaban J connectivity index is 1.65. The second-order valence-electron chi connectivity index (χ2n) is 8.31. The van der Waals surface area contributed by atoms with Gasteiger partial charge in [-0.1, -0.05) is 24.3 Å². The van der Waals surface area contributed by atoms with Gasteiger partial charge >= 0.3 is 0 Å². The molecular formula is C23H32N4. The topological polar surface area (TPSA) is 37.4 Å². The molecule has 4 heteroatoms. The molecule has 2 heterocycles. The second-order valence-corrected chi connectivity index (χ2v) is 8.31. The summed E-state index contributed by atoms with van der Waals surface area (Å²) in [5, 5.41) is 2.75. The molecule has 27 heavy (non-hydrogen) atoms. The molecule has 0 radical (unpaired) electrons. The van der Waals surface area contributed by atoms with Crippen LogP contribution in [0.25, 0.3) is 21.8 Å². The number of fused-ring (bicyclic) bond motifs is 3. The fourth-order valence-corrected chi connectivity index (χ4v) is 4.48. The van der Waals surface area contributed by atoms with Crippen molar-refractivity contribution < 1.29 is 0 Å². The number of nitrogens with two attached hydrogens (primary N) is 1. The summed E-state index contributed by atoms with van der Waals surface area (Å²) in [5.74, 6) is 0. The van der Waals surface area contributed by atoms with Gasteiger partial charge in [0.05, 0.1) is 0 Å². The standard InChI is InChI=1S/C23H32N4/c1-25(2)12-6-14-27-22-9-4-3-8-20(22)21-15-18(10-11-23(21)27)16-26-13-5-7-19(24)17-26/h3-4,8-11,15,19H,5-7,12-14,16-17,24H2,1-2H3. The fourth-order valence-electron chi connectivity index (χ4n) is 4.48. The number of likely N-dealkylation sites (tertiary alicyclic amines) is 1. The van der Waals surface area contributed by atoms with Gasteiger partial charge in [-0.15, -0.1) is 0 Å². The van der Waals surface area contributed by atoms with Gasteiger partial charge < -0.3 is 15.2 Å². The van der Waals surface area contributed by atoms with Crippen LogP contribution in [0.5, 0.6) is 0 Å². The molecule has 1 fully saturated rings. The largest absolute Gasteiger partial charge is 0.340 e. The number of nitrogens with zero attached hydrogens (tertiary/aromatic N) is 3. The Labute approximate surface area is 162 Å². The summed E-state index contributed by atoms with van der Waals surface area (Å²) in [4.78, 5) is 4.76. The molecule has 0 amide bonds. The van der Waals surface area contributed by atoms with Crippen LogP contribution in [0.1, 0.15) is 24.8 Å². The van der Waals surface area contributed by atoms with Crippen molar-refractivity contribution in [2.24, 2.45) is 5.73 Å². The van der Waals surface area contributed by atoms with E-state index < -0.39 is 0 Å². The van der Waals surface area contributed by atoms with Gasteiger partial charge in [0, 0.05) is 47.5 Å².